The van der Waals surface area contributed by atoms with Gasteiger partial charge in [0.1, 0.15) is 12.4 Å². The molecule has 9 heteroatoms. The Labute approximate surface area is 213 Å². The maximum atomic E-state index is 12.4. The molecule has 0 radical (unpaired) electrons. The molecule has 0 atom stereocenters. The topological polar surface area (TPSA) is 115 Å². The van der Waals surface area contributed by atoms with Crippen LogP contribution < -0.4 is 16.0 Å². The zero-order valence-electron chi connectivity index (χ0n) is 19.5. The number of ether oxygens (including phenoxy) is 3. The average Bonchev–Trinajstić information content (AvgIpc) is 2.89. The Morgan fingerprint density at radius 3 is 1.57 bits per heavy atom. The van der Waals surface area contributed by atoms with Crippen LogP contribution in [0.5, 0.6) is 0 Å². The Morgan fingerprint density at radius 1 is 0.676 bits per heavy atom. The molecule has 3 amide bonds. The van der Waals surface area contributed by atoms with Gasteiger partial charge in [-0.1, -0.05) is 54.6 Å². The lowest BCUT2D eigenvalue weighted by atomic mass is 10.3. The van der Waals surface area contributed by atoms with Gasteiger partial charge in [0.2, 0.25) is 0 Å². The number of nitrogens with one attached hydrogen (secondary N) is 3. The van der Waals surface area contributed by atoms with E-state index in [1.807, 2.05) is 0 Å². The molecule has 0 fully saturated rings. The van der Waals surface area contributed by atoms with E-state index in [0.717, 1.165) is 6.08 Å². The molecule has 37 heavy (non-hydrogen) atoms. The second kappa shape index (κ2) is 14.0. The van der Waals surface area contributed by atoms with Crippen molar-refractivity contribution in [3.63, 3.8) is 0 Å². The lowest BCUT2D eigenvalue weighted by Gasteiger charge is -2.10. The van der Waals surface area contributed by atoms with Gasteiger partial charge in [-0.3, -0.25) is 16.0 Å². The van der Waals surface area contributed by atoms with E-state index in [1.54, 1.807) is 91.0 Å². The zero-order chi connectivity index (χ0) is 26.3. The van der Waals surface area contributed by atoms with Crippen molar-refractivity contribution in [1.82, 2.24) is 0 Å². The molecule has 0 saturated carbocycles. The fraction of sp³-hybridized carbons (Fsp3) is 0.0357. The van der Waals surface area contributed by atoms with Gasteiger partial charge in [0.15, 0.2) is 5.76 Å². The summed E-state index contributed by atoms with van der Waals surface area (Å²) in [5.74, 6) is 1.84. The minimum Gasteiger partial charge on any atom is -0.445 e. The minimum atomic E-state index is -0.845. The number of para-hydroxylation sites is 3. The smallest absolute Gasteiger partial charge is 0.417 e. The second-order valence-corrected chi connectivity index (χ2v) is 7.11. The number of hydrogen-bond donors (Lipinski definition) is 3. The predicted molar refractivity (Wildman–Crippen MR) is 140 cm³/mol. The monoisotopic (exact) mass is 497 g/mol. The molecule has 3 aromatic carbocycles. The summed E-state index contributed by atoms with van der Waals surface area (Å²) in [6.07, 6.45) is 5.49. The van der Waals surface area contributed by atoms with Gasteiger partial charge in [-0.25, -0.2) is 14.4 Å². The van der Waals surface area contributed by atoms with E-state index < -0.39 is 18.3 Å². The van der Waals surface area contributed by atoms with E-state index in [-0.39, 0.29) is 18.1 Å². The van der Waals surface area contributed by atoms with Crippen LogP contribution in [0, 0.1) is 12.3 Å². The van der Waals surface area contributed by atoms with Gasteiger partial charge in [0, 0.05) is 23.1 Å². The Morgan fingerprint density at radius 2 is 1.11 bits per heavy atom. The van der Waals surface area contributed by atoms with Crippen LogP contribution in [-0.4, -0.2) is 24.9 Å². The normalized spacial score (nSPS) is 10.9. The van der Waals surface area contributed by atoms with Crippen LogP contribution in [0.3, 0.4) is 0 Å². The van der Waals surface area contributed by atoms with Crippen LogP contribution in [0.25, 0.3) is 0 Å². The first-order chi connectivity index (χ1) is 18.0. The Bertz CT molecular complexity index is 1300. The molecule has 3 N–H and O–H groups in total. The van der Waals surface area contributed by atoms with Gasteiger partial charge in [0.05, 0.1) is 0 Å². The second-order valence-electron chi connectivity index (χ2n) is 7.11. The lowest BCUT2D eigenvalue weighted by Crippen LogP contribution is -2.16. The van der Waals surface area contributed by atoms with Gasteiger partial charge in [-0.05, 0) is 48.4 Å². The Balaban J connectivity index is 1.68. The summed E-state index contributed by atoms with van der Waals surface area (Å²) in [5.41, 5.74) is 1.53. The lowest BCUT2D eigenvalue weighted by molar-refractivity contribution is 0.172. The van der Waals surface area contributed by atoms with Crippen molar-refractivity contribution in [3.8, 4) is 12.3 Å². The van der Waals surface area contributed by atoms with Crippen LogP contribution in [0.15, 0.2) is 115 Å². The molecular formula is C28H23N3O6. The SMILES string of the molecule is C#C/C(=C\C(=C/COC(=O)Nc1ccccc1)OC(=O)Nc1ccccc1)OC(=O)Nc1ccccc1. The number of carbonyl (C=O) groups is 3. The molecule has 0 heterocycles. The molecule has 0 spiro atoms. The molecule has 0 aromatic heterocycles. The quantitative estimate of drug-likeness (QED) is 0.149. The highest BCUT2D eigenvalue weighted by Gasteiger charge is 2.11. The summed E-state index contributed by atoms with van der Waals surface area (Å²) in [6, 6.07) is 25.9. The average molecular weight is 498 g/mol. The molecule has 0 aliphatic carbocycles. The third kappa shape index (κ3) is 9.72. The van der Waals surface area contributed by atoms with Crippen LogP contribution >= 0.6 is 0 Å². The predicted octanol–water partition coefficient (Wildman–Crippen LogP) is 6.13. The van der Waals surface area contributed by atoms with E-state index in [9.17, 15) is 14.4 Å². The van der Waals surface area contributed by atoms with Gasteiger partial charge in [-0.15, -0.1) is 6.42 Å². The van der Waals surface area contributed by atoms with Crippen molar-refractivity contribution in [2.75, 3.05) is 22.6 Å². The standard InChI is InChI=1S/C28H23N3O6/c1-2-24(36-27(33)30-22-14-8-4-9-15-22)20-25(37-28(34)31-23-16-10-5-11-17-23)18-19-35-26(32)29-21-12-6-3-7-13-21/h1,3-18,20H,19H2,(H,29,32)(H,30,33)(H,31,34)/b24-20+,25-18+. The van der Waals surface area contributed by atoms with Gasteiger partial charge < -0.3 is 14.2 Å². The highest BCUT2D eigenvalue weighted by molar-refractivity contribution is 5.86. The molecule has 186 valence electrons. The Kier molecular flexibility index (Phi) is 9.91. The van der Waals surface area contributed by atoms with Crippen molar-refractivity contribution < 1.29 is 28.6 Å². The summed E-state index contributed by atoms with van der Waals surface area (Å²) < 4.78 is 15.6. The zero-order valence-corrected chi connectivity index (χ0v) is 19.5. The number of rotatable bonds is 8. The van der Waals surface area contributed by atoms with E-state index in [0.29, 0.717) is 17.1 Å². The van der Waals surface area contributed by atoms with Crippen LogP contribution in [0.4, 0.5) is 31.4 Å². The van der Waals surface area contributed by atoms with E-state index >= 15 is 0 Å². The van der Waals surface area contributed by atoms with Crippen molar-refractivity contribution in [1.29, 1.82) is 0 Å². The van der Waals surface area contributed by atoms with Crippen LogP contribution in [-0.2, 0) is 14.2 Å². The van der Waals surface area contributed by atoms with E-state index in [1.165, 1.54) is 6.08 Å². The maximum absolute atomic E-state index is 12.4. The first kappa shape index (κ1) is 26.1. The Hall–Kier alpha value is -5.49. The first-order valence-electron chi connectivity index (χ1n) is 11.0. The summed E-state index contributed by atoms with van der Waals surface area (Å²) in [6.45, 7) is -0.281. The highest BCUT2D eigenvalue weighted by Crippen LogP contribution is 2.13. The summed E-state index contributed by atoms with van der Waals surface area (Å²) in [4.78, 5) is 36.7. The number of allylic oxidation sites excluding steroid dienone is 2. The van der Waals surface area contributed by atoms with Crippen molar-refractivity contribution in [2.24, 2.45) is 0 Å². The largest absolute Gasteiger partial charge is 0.445 e. The molecule has 3 rings (SSSR count). The molecule has 3 aromatic rings. The third-order valence-electron chi connectivity index (χ3n) is 4.39. The first-order valence-corrected chi connectivity index (χ1v) is 11.0. The molecule has 0 aliphatic rings. The third-order valence-corrected chi connectivity index (χ3v) is 4.39. The van der Waals surface area contributed by atoms with Gasteiger partial charge in [-0.2, -0.15) is 0 Å². The number of hydrogen-bond acceptors (Lipinski definition) is 6. The molecule has 9 nitrogen and oxygen atoms in total. The molecule has 0 saturated heterocycles. The number of amides is 3. The summed E-state index contributed by atoms with van der Waals surface area (Å²) in [7, 11) is 0. The van der Waals surface area contributed by atoms with Crippen molar-refractivity contribution >= 4 is 35.3 Å². The fourth-order valence-electron chi connectivity index (χ4n) is 2.77. The fourth-order valence-corrected chi connectivity index (χ4v) is 2.77. The molecule has 0 aliphatic heterocycles. The highest BCUT2D eigenvalue weighted by atomic mass is 16.6. The summed E-state index contributed by atoms with van der Waals surface area (Å²) in [5, 5.41) is 7.62. The molecular weight excluding hydrogens is 474 g/mol. The van der Waals surface area contributed by atoms with E-state index in [2.05, 4.69) is 21.9 Å². The van der Waals surface area contributed by atoms with Crippen LogP contribution in [0.1, 0.15) is 0 Å². The van der Waals surface area contributed by atoms with Crippen LogP contribution in [0.2, 0.25) is 0 Å². The number of terminal acetylenes is 1. The maximum Gasteiger partial charge on any atom is 0.417 e. The number of carbonyl (C=O) groups excluding carboxylic acids is 3. The molecule has 0 bridgehead atoms. The number of benzene rings is 3. The van der Waals surface area contributed by atoms with Crippen molar-refractivity contribution in [2.45, 2.75) is 0 Å². The number of anilines is 3. The van der Waals surface area contributed by atoms with Crippen molar-refractivity contribution in [3.05, 3.63) is 115 Å². The van der Waals surface area contributed by atoms with Gasteiger partial charge in [0.25, 0.3) is 0 Å². The van der Waals surface area contributed by atoms with Gasteiger partial charge >= 0.3 is 18.3 Å². The summed E-state index contributed by atoms with van der Waals surface area (Å²) >= 11 is 0. The minimum absolute atomic E-state index is 0.124. The molecule has 0 unspecified atom stereocenters. The van der Waals surface area contributed by atoms with E-state index in [4.69, 9.17) is 20.6 Å².